The van der Waals surface area contributed by atoms with E-state index in [0.29, 0.717) is 35.4 Å². The Kier molecular flexibility index (Phi) is 5.74. The molecule has 1 aliphatic rings. The molecule has 34 heavy (non-hydrogen) atoms. The van der Waals surface area contributed by atoms with Crippen LogP contribution in [0.25, 0.3) is 16.6 Å². The van der Waals surface area contributed by atoms with Crippen LogP contribution < -0.4 is 15.8 Å². The number of hydrogen-bond donors (Lipinski definition) is 2. The SMILES string of the molecule is CCNC(=O)c1ccc(N2CCN(Cc3ccc4c([nH]c(=O)c5ccnn54)c3F)CC2)c(C)n1. The number of carbonyl (C=O) groups is 1. The van der Waals surface area contributed by atoms with Crippen LogP contribution in [-0.4, -0.2) is 63.1 Å². The van der Waals surface area contributed by atoms with Crippen molar-refractivity contribution >= 4 is 28.1 Å². The molecule has 5 rings (SSSR count). The third-order valence-electron chi connectivity index (χ3n) is 6.28. The fraction of sp³-hybridized carbons (Fsp3) is 0.333. The molecular formula is C24H26FN7O2. The number of aryl methyl sites for hydroxylation is 1. The van der Waals surface area contributed by atoms with E-state index in [0.717, 1.165) is 37.6 Å². The highest BCUT2D eigenvalue weighted by molar-refractivity contribution is 5.92. The zero-order valence-corrected chi connectivity index (χ0v) is 19.1. The Balaban J connectivity index is 1.29. The second kappa shape index (κ2) is 8.86. The van der Waals surface area contributed by atoms with Crippen molar-refractivity contribution in [2.45, 2.75) is 20.4 Å². The van der Waals surface area contributed by atoms with Crippen molar-refractivity contribution in [2.75, 3.05) is 37.6 Å². The van der Waals surface area contributed by atoms with Crippen molar-refractivity contribution in [3.8, 4) is 0 Å². The summed E-state index contributed by atoms with van der Waals surface area (Å²) in [6.07, 6.45) is 1.53. The van der Waals surface area contributed by atoms with E-state index in [4.69, 9.17) is 0 Å². The lowest BCUT2D eigenvalue weighted by atomic mass is 10.1. The van der Waals surface area contributed by atoms with Gasteiger partial charge in [0.25, 0.3) is 11.5 Å². The summed E-state index contributed by atoms with van der Waals surface area (Å²) in [4.78, 5) is 35.9. The maximum atomic E-state index is 15.3. The summed E-state index contributed by atoms with van der Waals surface area (Å²) >= 11 is 0. The van der Waals surface area contributed by atoms with Gasteiger partial charge in [0.2, 0.25) is 0 Å². The number of hydrogen-bond acceptors (Lipinski definition) is 6. The number of H-pyrrole nitrogens is 1. The van der Waals surface area contributed by atoms with Gasteiger partial charge in [0.05, 0.1) is 23.1 Å². The van der Waals surface area contributed by atoms with E-state index in [9.17, 15) is 9.59 Å². The topological polar surface area (TPSA) is 98.6 Å². The number of piperazine rings is 1. The number of fused-ring (bicyclic) bond motifs is 3. The second-order valence-corrected chi connectivity index (χ2v) is 8.44. The molecule has 2 N–H and O–H groups in total. The van der Waals surface area contributed by atoms with Gasteiger partial charge in [-0.15, -0.1) is 0 Å². The molecule has 0 bridgehead atoms. The highest BCUT2D eigenvalue weighted by Crippen LogP contribution is 2.23. The molecule has 4 heterocycles. The normalized spacial score (nSPS) is 14.7. The third-order valence-corrected chi connectivity index (χ3v) is 6.28. The molecule has 1 aliphatic heterocycles. The minimum absolute atomic E-state index is 0.172. The number of halogens is 1. The van der Waals surface area contributed by atoms with Crippen molar-refractivity contribution < 1.29 is 9.18 Å². The molecule has 3 aromatic heterocycles. The highest BCUT2D eigenvalue weighted by Gasteiger charge is 2.22. The smallest absolute Gasteiger partial charge is 0.274 e. The Morgan fingerprint density at radius 3 is 2.65 bits per heavy atom. The van der Waals surface area contributed by atoms with Gasteiger partial charge in [-0.05, 0) is 38.1 Å². The predicted octanol–water partition coefficient (Wildman–Crippen LogP) is 2.09. The fourth-order valence-electron chi connectivity index (χ4n) is 4.52. The van der Waals surface area contributed by atoms with Crippen LogP contribution in [0.3, 0.4) is 0 Å². The highest BCUT2D eigenvalue weighted by atomic mass is 19.1. The molecule has 1 fully saturated rings. The molecule has 0 saturated carbocycles. The second-order valence-electron chi connectivity index (χ2n) is 8.44. The molecule has 1 saturated heterocycles. The first-order valence-corrected chi connectivity index (χ1v) is 11.4. The molecule has 9 nitrogen and oxygen atoms in total. The van der Waals surface area contributed by atoms with Crippen LogP contribution >= 0.6 is 0 Å². The van der Waals surface area contributed by atoms with Gasteiger partial charge >= 0.3 is 0 Å². The van der Waals surface area contributed by atoms with Crippen molar-refractivity contribution in [1.29, 1.82) is 0 Å². The average Bonchev–Trinajstić information content (AvgIpc) is 3.33. The van der Waals surface area contributed by atoms with Crippen molar-refractivity contribution in [1.82, 2.24) is 29.8 Å². The molecule has 10 heteroatoms. The first-order chi connectivity index (χ1) is 16.5. The Labute approximate surface area is 195 Å². The number of carbonyl (C=O) groups excluding carboxylic acids is 1. The Morgan fingerprint density at radius 2 is 1.91 bits per heavy atom. The van der Waals surface area contributed by atoms with E-state index in [-0.39, 0.29) is 17.0 Å². The Morgan fingerprint density at radius 1 is 1.12 bits per heavy atom. The lowest BCUT2D eigenvalue weighted by Gasteiger charge is -2.36. The van der Waals surface area contributed by atoms with Gasteiger partial charge in [0, 0.05) is 44.8 Å². The number of aromatic nitrogens is 4. The summed E-state index contributed by atoms with van der Waals surface area (Å²) in [5.41, 5.74) is 3.50. The first-order valence-electron chi connectivity index (χ1n) is 11.4. The van der Waals surface area contributed by atoms with E-state index >= 15 is 4.39 Å². The summed E-state index contributed by atoms with van der Waals surface area (Å²) in [5, 5.41) is 6.92. The van der Waals surface area contributed by atoms with E-state index < -0.39 is 5.82 Å². The fourth-order valence-corrected chi connectivity index (χ4v) is 4.52. The number of aromatic amines is 1. The Hall–Kier alpha value is -3.79. The number of rotatable bonds is 5. The van der Waals surface area contributed by atoms with Gasteiger partial charge in [-0.1, -0.05) is 6.07 Å². The zero-order chi connectivity index (χ0) is 23.8. The lowest BCUT2D eigenvalue weighted by molar-refractivity contribution is 0.0950. The maximum Gasteiger partial charge on any atom is 0.274 e. The average molecular weight is 464 g/mol. The maximum absolute atomic E-state index is 15.3. The molecule has 4 aromatic rings. The molecule has 1 aromatic carbocycles. The lowest BCUT2D eigenvalue weighted by Crippen LogP contribution is -2.46. The van der Waals surface area contributed by atoms with E-state index in [1.54, 1.807) is 24.3 Å². The summed E-state index contributed by atoms with van der Waals surface area (Å²) in [6, 6.07) is 8.86. The third kappa shape index (κ3) is 3.90. The number of nitrogens with one attached hydrogen (secondary N) is 2. The van der Waals surface area contributed by atoms with Crippen molar-refractivity contribution in [3.05, 3.63) is 69.7 Å². The van der Waals surface area contributed by atoms with Crippen LogP contribution in [0.5, 0.6) is 0 Å². The van der Waals surface area contributed by atoms with Crippen LogP contribution in [0.2, 0.25) is 0 Å². The van der Waals surface area contributed by atoms with Crippen molar-refractivity contribution in [2.24, 2.45) is 0 Å². The van der Waals surface area contributed by atoms with E-state index in [1.807, 2.05) is 19.9 Å². The summed E-state index contributed by atoms with van der Waals surface area (Å²) in [6.45, 7) is 7.83. The molecular weight excluding hydrogens is 437 g/mol. The molecule has 0 spiro atoms. The van der Waals surface area contributed by atoms with Gasteiger partial charge in [0.15, 0.2) is 5.82 Å². The number of amides is 1. The van der Waals surface area contributed by atoms with Crippen LogP contribution in [-0.2, 0) is 6.54 Å². The van der Waals surface area contributed by atoms with Gasteiger partial charge in [-0.3, -0.25) is 14.5 Å². The van der Waals surface area contributed by atoms with E-state index in [2.05, 4.69) is 30.2 Å². The van der Waals surface area contributed by atoms with Gasteiger partial charge in [-0.2, -0.15) is 5.10 Å². The quantitative estimate of drug-likeness (QED) is 0.470. The largest absolute Gasteiger partial charge is 0.368 e. The molecule has 1 amide bonds. The van der Waals surface area contributed by atoms with Crippen LogP contribution in [0.15, 0.2) is 41.3 Å². The van der Waals surface area contributed by atoms with Crippen LogP contribution in [0.4, 0.5) is 10.1 Å². The van der Waals surface area contributed by atoms with E-state index in [1.165, 1.54) is 10.7 Å². The van der Waals surface area contributed by atoms with Gasteiger partial charge in [-0.25, -0.2) is 13.9 Å². The summed E-state index contributed by atoms with van der Waals surface area (Å²) in [7, 11) is 0. The molecule has 176 valence electrons. The predicted molar refractivity (Wildman–Crippen MR) is 128 cm³/mol. The monoisotopic (exact) mass is 463 g/mol. The number of pyridine rings is 1. The number of anilines is 1. The van der Waals surface area contributed by atoms with Crippen molar-refractivity contribution in [3.63, 3.8) is 0 Å². The summed E-state index contributed by atoms with van der Waals surface area (Å²) in [5.74, 6) is -0.593. The molecule has 0 radical (unpaired) electrons. The molecule has 0 aliphatic carbocycles. The van der Waals surface area contributed by atoms with Gasteiger partial charge < -0.3 is 15.2 Å². The number of nitrogens with zero attached hydrogens (tertiary/aromatic N) is 5. The first kappa shape index (κ1) is 22.0. The van der Waals surface area contributed by atoms with Gasteiger partial charge in [0.1, 0.15) is 16.7 Å². The summed E-state index contributed by atoms with van der Waals surface area (Å²) < 4.78 is 16.8. The molecule has 0 unspecified atom stereocenters. The minimum atomic E-state index is -0.421. The molecule has 0 atom stereocenters. The standard InChI is InChI=1S/C24H26FN7O2/c1-3-26-23(33)17-5-7-18(15(2)28-17)31-12-10-30(11-13-31)14-16-4-6-19-22(21(16)25)29-24(34)20-8-9-27-32(19)20/h4-9H,3,10-14H2,1-2H3,(H,26,33)(H,29,34). The van der Waals surface area contributed by atoms with Crippen LogP contribution in [0.1, 0.15) is 28.7 Å². The minimum Gasteiger partial charge on any atom is -0.368 e. The number of benzene rings is 1. The van der Waals surface area contributed by atoms with Crippen LogP contribution in [0, 0.1) is 12.7 Å². The Bertz CT molecular complexity index is 1440. The zero-order valence-electron chi connectivity index (χ0n) is 19.1.